The van der Waals surface area contributed by atoms with Crippen molar-refractivity contribution in [1.29, 1.82) is 0 Å². The van der Waals surface area contributed by atoms with Crippen LogP contribution in [0, 0.1) is 0 Å². The van der Waals surface area contributed by atoms with E-state index in [2.05, 4.69) is 5.32 Å². The maximum Gasteiger partial charge on any atom is 0.416 e. The number of nitrogens with zero attached hydrogens (tertiary/aromatic N) is 3. The lowest BCUT2D eigenvalue weighted by atomic mass is 9.91. The molecule has 0 saturated carbocycles. The van der Waals surface area contributed by atoms with Gasteiger partial charge in [0.2, 0.25) is 5.95 Å². The van der Waals surface area contributed by atoms with Crippen LogP contribution in [0.1, 0.15) is 46.8 Å². The van der Waals surface area contributed by atoms with Gasteiger partial charge in [-0.05, 0) is 62.1 Å². The number of para-hydroxylation sites is 2. The quantitative estimate of drug-likeness (QED) is 0.157. The molecule has 0 unspecified atom stereocenters. The number of amides is 1. The Hall–Kier alpha value is -4.06. The van der Waals surface area contributed by atoms with Gasteiger partial charge in [-0.3, -0.25) is 4.79 Å². The van der Waals surface area contributed by atoms with Crippen molar-refractivity contribution in [3.8, 4) is 0 Å². The number of hydrogen-bond acceptors (Lipinski definition) is 4. The highest BCUT2D eigenvalue weighted by molar-refractivity contribution is 5.95. The number of piperidine rings is 1. The monoisotopic (exact) mass is 618 g/mol. The number of hydrogen-bond donors (Lipinski definition) is 1. The van der Waals surface area contributed by atoms with Crippen molar-refractivity contribution in [2.45, 2.75) is 57.2 Å². The van der Waals surface area contributed by atoms with Gasteiger partial charge in [-0.2, -0.15) is 26.3 Å². The van der Waals surface area contributed by atoms with Gasteiger partial charge in [0.05, 0.1) is 28.8 Å². The van der Waals surface area contributed by atoms with E-state index in [0.29, 0.717) is 57.1 Å². The predicted molar refractivity (Wildman–Crippen MR) is 154 cm³/mol. The summed E-state index contributed by atoms with van der Waals surface area (Å²) in [7, 11) is 0. The van der Waals surface area contributed by atoms with Crippen molar-refractivity contribution in [3.63, 3.8) is 0 Å². The van der Waals surface area contributed by atoms with Gasteiger partial charge in [-0.1, -0.05) is 42.5 Å². The molecular formula is C32H32F6N4O2. The fourth-order valence-electron chi connectivity index (χ4n) is 5.67. The maximum absolute atomic E-state index is 13.7. The standard InChI is InChI=1S/C32H32F6N4O2/c1-2-44-15-14-42-28-11-7-6-10-27(28)40-30(42)39-25-12-13-41(26(20-25)16-21-8-4-3-5-9-21)29(43)22-17-23(31(33,34)35)19-24(18-22)32(36,37)38/h3-11,17-19,25-26H,2,12-16,20H2,1H3,(H,39,40)/t25-,26+/m1/s1. The lowest BCUT2D eigenvalue weighted by Gasteiger charge is -2.40. The highest BCUT2D eigenvalue weighted by Crippen LogP contribution is 2.37. The number of imidazole rings is 1. The predicted octanol–water partition coefficient (Wildman–Crippen LogP) is 7.44. The molecule has 2 heterocycles. The molecule has 234 valence electrons. The molecule has 6 nitrogen and oxygen atoms in total. The number of rotatable bonds is 9. The number of aromatic nitrogens is 2. The van der Waals surface area contributed by atoms with Crippen molar-refractivity contribution < 1.29 is 35.9 Å². The van der Waals surface area contributed by atoms with Crippen molar-refractivity contribution in [1.82, 2.24) is 14.5 Å². The highest BCUT2D eigenvalue weighted by atomic mass is 19.4. The fourth-order valence-corrected chi connectivity index (χ4v) is 5.67. The molecule has 0 aliphatic carbocycles. The summed E-state index contributed by atoms with van der Waals surface area (Å²) < 4.78 is 88.9. The average molecular weight is 619 g/mol. The van der Waals surface area contributed by atoms with Crippen molar-refractivity contribution in [2.24, 2.45) is 0 Å². The topological polar surface area (TPSA) is 59.4 Å². The van der Waals surface area contributed by atoms with Gasteiger partial charge in [-0.25, -0.2) is 4.98 Å². The normalized spacial score (nSPS) is 17.7. The number of nitrogens with one attached hydrogen (secondary N) is 1. The summed E-state index contributed by atoms with van der Waals surface area (Å²) in [6.07, 6.45) is -8.91. The first-order chi connectivity index (χ1) is 20.9. The van der Waals surface area contributed by atoms with Crippen LogP contribution in [-0.2, 0) is 30.1 Å². The molecule has 0 radical (unpaired) electrons. The van der Waals surface area contributed by atoms with Crippen molar-refractivity contribution in [2.75, 3.05) is 25.1 Å². The zero-order valence-corrected chi connectivity index (χ0v) is 24.0. The summed E-state index contributed by atoms with van der Waals surface area (Å²) in [6, 6.07) is 17.3. The van der Waals surface area contributed by atoms with E-state index in [0.717, 1.165) is 16.6 Å². The van der Waals surface area contributed by atoms with Gasteiger partial charge >= 0.3 is 12.4 Å². The summed E-state index contributed by atoms with van der Waals surface area (Å²) in [5.74, 6) is -0.244. The van der Waals surface area contributed by atoms with Crippen LogP contribution in [0.5, 0.6) is 0 Å². The molecule has 1 fully saturated rings. The molecule has 1 aliphatic rings. The molecule has 44 heavy (non-hydrogen) atoms. The van der Waals surface area contributed by atoms with Crippen LogP contribution in [0.2, 0.25) is 0 Å². The Morgan fingerprint density at radius 2 is 1.61 bits per heavy atom. The van der Waals surface area contributed by atoms with Crippen LogP contribution in [0.15, 0.2) is 72.8 Å². The Balaban J connectivity index is 1.44. The minimum Gasteiger partial charge on any atom is -0.380 e. The maximum atomic E-state index is 13.7. The molecular weight excluding hydrogens is 586 g/mol. The molecule has 1 N–H and O–H groups in total. The third-order valence-corrected chi connectivity index (χ3v) is 7.78. The number of alkyl halides is 6. The molecule has 12 heteroatoms. The summed E-state index contributed by atoms with van der Waals surface area (Å²) in [5, 5.41) is 3.50. The van der Waals surface area contributed by atoms with E-state index in [1.807, 2.05) is 66.1 Å². The second-order valence-electron chi connectivity index (χ2n) is 10.8. The second kappa shape index (κ2) is 12.9. The number of ether oxygens (including phenoxy) is 1. The Labute approximate surface area is 250 Å². The van der Waals surface area contributed by atoms with Crippen molar-refractivity contribution in [3.05, 3.63) is 95.1 Å². The van der Waals surface area contributed by atoms with Crippen LogP contribution in [0.25, 0.3) is 11.0 Å². The molecule has 0 bridgehead atoms. The van der Waals surface area contributed by atoms with Gasteiger partial charge in [0.15, 0.2) is 0 Å². The highest BCUT2D eigenvalue weighted by Gasteiger charge is 2.39. The van der Waals surface area contributed by atoms with Crippen LogP contribution >= 0.6 is 0 Å². The van der Waals surface area contributed by atoms with Gasteiger partial charge in [0, 0.05) is 37.3 Å². The smallest absolute Gasteiger partial charge is 0.380 e. The molecule has 4 aromatic rings. The zero-order valence-electron chi connectivity index (χ0n) is 24.0. The van der Waals surface area contributed by atoms with Gasteiger partial charge in [0.1, 0.15) is 0 Å². The summed E-state index contributed by atoms with van der Waals surface area (Å²) in [4.78, 5) is 19.8. The number of halogens is 6. The van der Waals surface area contributed by atoms with E-state index in [1.165, 1.54) is 4.90 Å². The van der Waals surface area contributed by atoms with Crippen LogP contribution in [-0.4, -0.2) is 52.2 Å². The number of anilines is 1. The number of carbonyl (C=O) groups is 1. The largest absolute Gasteiger partial charge is 0.416 e. The molecule has 2 atom stereocenters. The zero-order chi connectivity index (χ0) is 31.5. The molecule has 5 rings (SSSR count). The molecule has 1 aromatic heterocycles. The lowest BCUT2D eigenvalue weighted by Crippen LogP contribution is -2.50. The Morgan fingerprint density at radius 3 is 2.27 bits per heavy atom. The molecule has 1 saturated heterocycles. The molecule has 3 aromatic carbocycles. The Bertz CT molecular complexity index is 1550. The van der Waals surface area contributed by atoms with Crippen LogP contribution < -0.4 is 5.32 Å². The summed E-state index contributed by atoms with van der Waals surface area (Å²) in [6.45, 7) is 3.64. The number of likely N-dealkylation sites (tertiary alicyclic amines) is 1. The molecule has 0 spiro atoms. The van der Waals surface area contributed by atoms with Crippen LogP contribution in [0.3, 0.4) is 0 Å². The van der Waals surface area contributed by atoms with Crippen LogP contribution in [0.4, 0.5) is 32.3 Å². The Kier molecular flexibility index (Phi) is 9.19. The second-order valence-corrected chi connectivity index (χ2v) is 10.8. The Morgan fingerprint density at radius 1 is 0.955 bits per heavy atom. The van der Waals surface area contributed by atoms with E-state index in [4.69, 9.17) is 9.72 Å². The minimum absolute atomic E-state index is 0.0338. The summed E-state index contributed by atoms with van der Waals surface area (Å²) >= 11 is 0. The van der Waals surface area contributed by atoms with Crippen molar-refractivity contribution >= 4 is 22.9 Å². The molecule has 1 amide bonds. The van der Waals surface area contributed by atoms with E-state index < -0.39 is 41.0 Å². The van der Waals surface area contributed by atoms with Gasteiger partial charge < -0.3 is 19.5 Å². The fraction of sp³-hybridized carbons (Fsp3) is 0.375. The van der Waals surface area contributed by atoms with E-state index in [-0.39, 0.29) is 18.7 Å². The molecule has 1 aliphatic heterocycles. The summed E-state index contributed by atoms with van der Waals surface area (Å²) in [5.41, 5.74) is -1.07. The number of benzene rings is 3. The number of fused-ring (bicyclic) bond motifs is 1. The van der Waals surface area contributed by atoms with Gasteiger partial charge in [-0.15, -0.1) is 0 Å². The average Bonchev–Trinajstić information content (AvgIpc) is 3.33. The first kappa shape index (κ1) is 31.4. The minimum atomic E-state index is -5.05. The number of carbonyl (C=O) groups excluding carboxylic acids is 1. The lowest BCUT2D eigenvalue weighted by molar-refractivity contribution is -0.143. The SMILES string of the molecule is CCOCCn1c(N[C@@H]2CCN(C(=O)c3cc(C(F)(F)F)cc(C(F)(F)F)c3)[C@@H](Cc3ccccc3)C2)nc2ccccc21. The van der Waals surface area contributed by atoms with Gasteiger partial charge in [0.25, 0.3) is 5.91 Å². The first-order valence-corrected chi connectivity index (χ1v) is 14.4. The van der Waals surface area contributed by atoms with E-state index in [9.17, 15) is 31.1 Å². The van der Waals surface area contributed by atoms with E-state index >= 15 is 0 Å². The third kappa shape index (κ3) is 7.18. The van der Waals surface area contributed by atoms with E-state index in [1.54, 1.807) is 0 Å². The third-order valence-electron chi connectivity index (χ3n) is 7.78. The first-order valence-electron chi connectivity index (χ1n) is 14.4.